The van der Waals surface area contributed by atoms with Crippen LogP contribution in [0.1, 0.15) is 17.0 Å². The first-order valence-electron chi connectivity index (χ1n) is 8.18. The minimum absolute atomic E-state index is 0.0975. The number of alkyl halides is 3. The Balaban J connectivity index is 1.68. The molecular formula is C18H16F3N5OS. The number of carbonyl (C=O) groups is 1. The summed E-state index contributed by atoms with van der Waals surface area (Å²) in [6.07, 6.45) is -3.19. The number of nitrogens with one attached hydrogen (secondary N) is 1. The third-order valence-corrected chi connectivity index (χ3v) is 4.64. The van der Waals surface area contributed by atoms with Gasteiger partial charge in [0.2, 0.25) is 5.91 Å². The molecule has 0 radical (unpaired) electrons. The number of aromatic nitrogens is 4. The lowest BCUT2D eigenvalue weighted by atomic mass is 10.1. The molecule has 6 nitrogen and oxygen atoms in total. The van der Waals surface area contributed by atoms with E-state index in [0.717, 1.165) is 29.2 Å². The molecule has 1 N–H and O–H groups in total. The van der Waals surface area contributed by atoms with Gasteiger partial charge < -0.3 is 5.32 Å². The Kier molecular flexibility index (Phi) is 5.68. The molecule has 3 rings (SSSR count). The molecule has 0 fully saturated rings. The molecule has 1 aromatic carbocycles. The van der Waals surface area contributed by atoms with Crippen LogP contribution in [0.25, 0.3) is 5.82 Å². The number of amides is 1. The first-order chi connectivity index (χ1) is 13.2. The number of carbonyl (C=O) groups excluding carboxylic acids is 1. The van der Waals surface area contributed by atoms with E-state index in [-0.39, 0.29) is 11.4 Å². The Hall–Kier alpha value is -2.88. The molecule has 0 aliphatic heterocycles. The average molecular weight is 407 g/mol. The van der Waals surface area contributed by atoms with Crippen LogP contribution in [-0.2, 0) is 11.0 Å². The van der Waals surface area contributed by atoms with E-state index < -0.39 is 17.6 Å². The molecule has 2 aromatic heterocycles. The molecule has 0 spiro atoms. The molecule has 0 saturated carbocycles. The first-order valence-corrected chi connectivity index (χ1v) is 9.17. The van der Waals surface area contributed by atoms with Gasteiger partial charge in [-0.2, -0.15) is 18.3 Å². The molecule has 3 aromatic rings. The molecular weight excluding hydrogens is 391 g/mol. The highest BCUT2D eigenvalue weighted by atomic mass is 32.2. The number of rotatable bonds is 5. The van der Waals surface area contributed by atoms with Crippen LogP contribution in [-0.4, -0.2) is 31.4 Å². The molecule has 0 unspecified atom stereocenters. The number of para-hydroxylation sites is 1. The molecule has 0 atom stereocenters. The van der Waals surface area contributed by atoms with Gasteiger partial charge in [0, 0.05) is 11.8 Å². The van der Waals surface area contributed by atoms with Crippen molar-refractivity contribution >= 4 is 23.4 Å². The summed E-state index contributed by atoms with van der Waals surface area (Å²) >= 11 is 1.10. The highest BCUT2D eigenvalue weighted by molar-refractivity contribution is 7.99. The third-order valence-electron chi connectivity index (χ3n) is 3.71. The zero-order chi connectivity index (χ0) is 20.3. The van der Waals surface area contributed by atoms with Crippen molar-refractivity contribution in [2.75, 3.05) is 11.1 Å². The lowest BCUT2D eigenvalue weighted by Gasteiger charge is -2.13. The van der Waals surface area contributed by atoms with Gasteiger partial charge >= 0.3 is 6.18 Å². The molecule has 28 heavy (non-hydrogen) atoms. The smallest absolute Gasteiger partial charge is 0.325 e. The van der Waals surface area contributed by atoms with Gasteiger partial charge in [0.1, 0.15) is 11.4 Å². The van der Waals surface area contributed by atoms with E-state index in [1.165, 1.54) is 24.5 Å². The Morgan fingerprint density at radius 2 is 1.93 bits per heavy atom. The number of thioether (sulfide) groups is 1. The maximum absolute atomic E-state index is 13.0. The van der Waals surface area contributed by atoms with Crippen molar-refractivity contribution in [3.63, 3.8) is 0 Å². The SMILES string of the molecule is Cc1cc(C)n(-c2cc(SCC(=O)Nc3ccccc3C(F)(F)F)ncn2)n1. The molecule has 0 bridgehead atoms. The predicted molar refractivity (Wildman–Crippen MR) is 99.4 cm³/mol. The molecule has 1 amide bonds. The number of hydrogen-bond donors (Lipinski definition) is 1. The van der Waals surface area contributed by atoms with Crippen molar-refractivity contribution in [1.82, 2.24) is 19.7 Å². The highest BCUT2D eigenvalue weighted by Gasteiger charge is 2.33. The topological polar surface area (TPSA) is 72.7 Å². The Morgan fingerprint density at radius 3 is 2.61 bits per heavy atom. The van der Waals surface area contributed by atoms with Gasteiger partial charge in [-0.15, -0.1) is 0 Å². The number of benzene rings is 1. The fraction of sp³-hybridized carbons (Fsp3) is 0.222. The molecule has 0 aliphatic carbocycles. The van der Waals surface area contributed by atoms with Gasteiger partial charge in [-0.05, 0) is 32.0 Å². The van der Waals surface area contributed by atoms with Crippen LogP contribution in [0.4, 0.5) is 18.9 Å². The standard InChI is InChI=1S/C18H16F3N5OS/c1-11-7-12(2)26(25-11)15-8-17(23-10-22-15)28-9-16(27)24-14-6-4-3-5-13(14)18(19,20)21/h3-8,10H,9H2,1-2H3,(H,24,27). The quantitative estimate of drug-likeness (QED) is 0.511. The predicted octanol–water partition coefficient (Wildman–Crippen LogP) is 4.03. The lowest BCUT2D eigenvalue weighted by Crippen LogP contribution is -2.18. The monoisotopic (exact) mass is 407 g/mol. The van der Waals surface area contributed by atoms with Crippen LogP contribution < -0.4 is 5.32 Å². The summed E-state index contributed by atoms with van der Waals surface area (Å²) in [6.45, 7) is 3.75. The summed E-state index contributed by atoms with van der Waals surface area (Å²) in [5, 5.41) is 7.15. The molecule has 146 valence electrons. The molecule has 0 aliphatic rings. The van der Waals surface area contributed by atoms with Gasteiger partial charge in [-0.1, -0.05) is 23.9 Å². The van der Waals surface area contributed by atoms with E-state index in [4.69, 9.17) is 0 Å². The van der Waals surface area contributed by atoms with E-state index in [2.05, 4.69) is 20.4 Å². The van der Waals surface area contributed by atoms with Crippen molar-refractivity contribution in [2.45, 2.75) is 25.0 Å². The van der Waals surface area contributed by atoms with Gasteiger partial charge in [0.05, 0.1) is 22.7 Å². The van der Waals surface area contributed by atoms with E-state index in [1.807, 2.05) is 19.9 Å². The van der Waals surface area contributed by atoms with E-state index >= 15 is 0 Å². The minimum Gasteiger partial charge on any atom is -0.325 e. The van der Waals surface area contributed by atoms with Crippen molar-refractivity contribution in [1.29, 1.82) is 0 Å². The van der Waals surface area contributed by atoms with Crippen molar-refractivity contribution in [3.8, 4) is 5.82 Å². The minimum atomic E-state index is -4.54. The second kappa shape index (κ2) is 8.01. The fourth-order valence-electron chi connectivity index (χ4n) is 2.55. The molecule has 2 heterocycles. The zero-order valence-electron chi connectivity index (χ0n) is 15.0. The van der Waals surface area contributed by atoms with Crippen LogP contribution in [0.3, 0.4) is 0 Å². The largest absolute Gasteiger partial charge is 0.418 e. The maximum atomic E-state index is 13.0. The van der Waals surface area contributed by atoms with E-state index in [0.29, 0.717) is 10.8 Å². The highest BCUT2D eigenvalue weighted by Crippen LogP contribution is 2.34. The van der Waals surface area contributed by atoms with Gasteiger partial charge in [-0.25, -0.2) is 14.6 Å². The Labute approximate surface area is 163 Å². The number of anilines is 1. The number of aryl methyl sites for hydroxylation is 2. The average Bonchev–Trinajstić information content (AvgIpc) is 2.98. The number of hydrogen-bond acceptors (Lipinski definition) is 5. The summed E-state index contributed by atoms with van der Waals surface area (Å²) in [5.41, 5.74) is 0.579. The lowest BCUT2D eigenvalue weighted by molar-refractivity contribution is -0.137. The second-order valence-electron chi connectivity index (χ2n) is 5.93. The first kappa shape index (κ1) is 19.9. The number of halogens is 3. The summed E-state index contributed by atoms with van der Waals surface area (Å²) in [7, 11) is 0. The van der Waals surface area contributed by atoms with Crippen LogP contribution in [0.5, 0.6) is 0 Å². The molecule has 10 heteroatoms. The van der Waals surface area contributed by atoms with Crippen LogP contribution in [0.15, 0.2) is 47.8 Å². The summed E-state index contributed by atoms with van der Waals surface area (Å²) in [5.74, 6) is -0.112. The third kappa shape index (κ3) is 4.69. The summed E-state index contributed by atoms with van der Waals surface area (Å²) in [6, 6.07) is 8.42. The summed E-state index contributed by atoms with van der Waals surface area (Å²) < 4.78 is 40.7. The van der Waals surface area contributed by atoms with E-state index in [9.17, 15) is 18.0 Å². The zero-order valence-corrected chi connectivity index (χ0v) is 15.8. The van der Waals surface area contributed by atoms with E-state index in [1.54, 1.807) is 10.7 Å². The van der Waals surface area contributed by atoms with Crippen LogP contribution in [0, 0.1) is 13.8 Å². The normalized spacial score (nSPS) is 11.5. The van der Waals surface area contributed by atoms with Crippen LogP contribution in [0.2, 0.25) is 0 Å². The maximum Gasteiger partial charge on any atom is 0.418 e. The van der Waals surface area contributed by atoms with Crippen LogP contribution >= 0.6 is 11.8 Å². The summed E-state index contributed by atoms with van der Waals surface area (Å²) in [4.78, 5) is 20.4. The van der Waals surface area contributed by atoms with Gasteiger partial charge in [0.15, 0.2) is 5.82 Å². The Bertz CT molecular complexity index is 1000. The van der Waals surface area contributed by atoms with Gasteiger partial charge in [0.25, 0.3) is 0 Å². The van der Waals surface area contributed by atoms with Gasteiger partial charge in [-0.3, -0.25) is 4.79 Å². The molecule has 0 saturated heterocycles. The van der Waals surface area contributed by atoms with Crippen molar-refractivity contribution < 1.29 is 18.0 Å². The Morgan fingerprint density at radius 1 is 1.18 bits per heavy atom. The van der Waals surface area contributed by atoms with Crippen molar-refractivity contribution in [3.05, 3.63) is 59.7 Å². The fourth-order valence-corrected chi connectivity index (χ4v) is 3.21. The second-order valence-corrected chi connectivity index (χ2v) is 6.93. The van der Waals surface area contributed by atoms with Crippen molar-refractivity contribution in [2.24, 2.45) is 0 Å². The number of nitrogens with zero attached hydrogens (tertiary/aromatic N) is 4.